The average Bonchev–Trinajstić information content (AvgIpc) is 1.54. The van der Waals surface area contributed by atoms with Crippen LogP contribution in [0.1, 0.15) is 235 Å². The number of hydrogen-bond donors (Lipinski definition) is 9. The Kier molecular flexibility index (Phi) is 29.8. The van der Waals surface area contributed by atoms with Gasteiger partial charge in [0.15, 0.2) is 0 Å². The lowest BCUT2D eigenvalue weighted by atomic mass is 9.80. The minimum Gasteiger partial charge on any atom is -0.446 e. The summed E-state index contributed by atoms with van der Waals surface area (Å²) in [6.07, 6.45) is 19.1. The molecule has 8 saturated carbocycles. The zero-order valence-electron chi connectivity index (χ0n) is 73.2. The van der Waals surface area contributed by atoms with Crippen molar-refractivity contribution in [2.45, 2.75) is 313 Å². The molecular formula is C90H132Cl2N12O18. The maximum atomic E-state index is 14.3. The van der Waals surface area contributed by atoms with Crippen LogP contribution in [0.2, 0.25) is 0 Å². The molecule has 13 rings (SSSR count). The molecule has 9 aliphatic carbocycles. The zero-order chi connectivity index (χ0) is 89.2. The number of alkyl halides is 2. The predicted molar refractivity (Wildman–Crippen MR) is 453 cm³/mol. The zero-order valence-corrected chi connectivity index (χ0v) is 74.7. The van der Waals surface area contributed by atoms with Crippen LogP contribution in [0.15, 0.2) is 36.9 Å². The number of Topliss-reactive ketones (excluding diaryl/α,β-unsaturated/α-hetero) is 3. The monoisotopic (exact) mass is 1740 g/mol. The van der Waals surface area contributed by atoms with Gasteiger partial charge in [0.25, 0.3) is 17.7 Å². The molecule has 30 nitrogen and oxygen atoms in total. The first-order chi connectivity index (χ1) is 57.4. The molecule has 3 saturated heterocycles. The van der Waals surface area contributed by atoms with E-state index in [1.54, 1.807) is 51.3 Å². The van der Waals surface area contributed by atoms with Gasteiger partial charge in [-0.25, -0.2) is 14.4 Å². The maximum absolute atomic E-state index is 14.3. The van der Waals surface area contributed by atoms with Crippen molar-refractivity contribution in [3.8, 4) is 0 Å². The number of alkyl carbamates (subject to hydrolysis) is 3. The van der Waals surface area contributed by atoms with Gasteiger partial charge < -0.3 is 77.6 Å². The number of halogens is 2. The van der Waals surface area contributed by atoms with Crippen LogP contribution in [-0.2, 0) is 84.6 Å². The van der Waals surface area contributed by atoms with E-state index in [9.17, 15) is 71.9 Å². The van der Waals surface area contributed by atoms with Crippen molar-refractivity contribution in [2.75, 3.05) is 26.2 Å². The van der Waals surface area contributed by atoms with E-state index in [-0.39, 0.29) is 101 Å². The van der Waals surface area contributed by atoms with E-state index >= 15 is 0 Å². The number of nitrogens with zero attached hydrogens (tertiary/aromatic N) is 3. The second-order valence-corrected chi connectivity index (χ2v) is 41.4. The highest BCUT2D eigenvalue weighted by Gasteiger charge is 2.75. The molecule has 11 N–H and O–H groups in total. The highest BCUT2D eigenvalue weighted by Crippen LogP contribution is 2.67. The summed E-state index contributed by atoms with van der Waals surface area (Å²) >= 11 is 13.0. The van der Waals surface area contributed by atoms with Gasteiger partial charge in [-0.1, -0.05) is 149 Å². The van der Waals surface area contributed by atoms with Crippen LogP contribution in [-0.4, -0.2) is 206 Å². The van der Waals surface area contributed by atoms with Gasteiger partial charge in [0.2, 0.25) is 52.8 Å². The van der Waals surface area contributed by atoms with Crippen molar-refractivity contribution >= 4 is 112 Å². The summed E-state index contributed by atoms with van der Waals surface area (Å²) in [6.45, 7) is 27.5. The second-order valence-electron chi connectivity index (χ2n) is 40.0. The molecule has 3 heterocycles. The first-order valence-electron chi connectivity index (χ1n) is 44.7. The molecule has 0 aromatic heterocycles. The number of carbonyl (C=O) groups is 15. The topological polar surface area (TPSA) is 430 Å². The highest BCUT2D eigenvalue weighted by molar-refractivity contribution is 6.51. The molecule has 674 valence electrons. The van der Waals surface area contributed by atoms with Crippen molar-refractivity contribution in [2.24, 2.45) is 93.3 Å². The second kappa shape index (κ2) is 38.6. The molecule has 3 unspecified atom stereocenters. The van der Waals surface area contributed by atoms with E-state index in [1.807, 2.05) is 31.2 Å². The highest BCUT2D eigenvalue weighted by atomic mass is 35.5. The van der Waals surface area contributed by atoms with Gasteiger partial charge in [0.1, 0.15) is 57.9 Å². The fourth-order valence-electron chi connectivity index (χ4n) is 21.0. The molecule has 1 aromatic carbocycles. The predicted octanol–water partition coefficient (Wildman–Crippen LogP) is 8.43. The van der Waals surface area contributed by atoms with Gasteiger partial charge in [-0.2, -0.15) is 0 Å². The van der Waals surface area contributed by atoms with E-state index in [1.165, 1.54) is 11.0 Å². The number of nitrogens with one attached hydrogen (secondary N) is 7. The van der Waals surface area contributed by atoms with Gasteiger partial charge >= 0.3 is 18.3 Å². The van der Waals surface area contributed by atoms with E-state index in [0.717, 1.165) is 127 Å². The average molecular weight is 1740 g/mol. The van der Waals surface area contributed by atoms with E-state index in [2.05, 4.69) is 78.4 Å². The van der Waals surface area contributed by atoms with Crippen LogP contribution < -0.4 is 48.7 Å². The van der Waals surface area contributed by atoms with E-state index < -0.39 is 153 Å². The lowest BCUT2D eigenvalue weighted by molar-refractivity contribution is -0.145. The Labute approximate surface area is 727 Å². The Hall–Kier alpha value is -8.41. The van der Waals surface area contributed by atoms with Gasteiger partial charge in [-0.15, -0.1) is 29.8 Å². The molecule has 32 heteroatoms. The van der Waals surface area contributed by atoms with Gasteiger partial charge in [-0.05, 0) is 200 Å². The van der Waals surface area contributed by atoms with Gasteiger partial charge in [0, 0.05) is 38.0 Å². The normalized spacial score (nSPS) is 27.8. The lowest BCUT2D eigenvalue weighted by Crippen LogP contribution is -2.60. The largest absolute Gasteiger partial charge is 0.446 e. The minimum atomic E-state index is -1.21. The number of ketones is 3. The molecular weight excluding hydrogens is 1610 g/mol. The van der Waals surface area contributed by atoms with E-state index in [0.29, 0.717) is 57.5 Å². The fraction of sp³-hybridized carbons (Fsp3) is 0.744. The van der Waals surface area contributed by atoms with Crippen molar-refractivity contribution in [3.63, 3.8) is 0 Å². The molecule has 12 aliphatic rings. The number of fused-ring (bicyclic) bond motifs is 4. The number of hydrogen-bond acceptors (Lipinski definition) is 18. The summed E-state index contributed by atoms with van der Waals surface area (Å²) < 4.78 is 15.5. The minimum absolute atomic E-state index is 0.0311. The fourth-order valence-corrected chi connectivity index (χ4v) is 21.8. The van der Waals surface area contributed by atoms with Crippen LogP contribution >= 0.6 is 23.2 Å². The Morgan fingerprint density at radius 3 is 1.27 bits per heavy atom. The molecule has 1 aromatic rings. The Morgan fingerprint density at radius 2 is 0.893 bits per heavy atom. The molecule has 17 atom stereocenters. The van der Waals surface area contributed by atoms with Crippen molar-refractivity contribution in [1.82, 2.24) is 51.9 Å². The third-order valence-corrected chi connectivity index (χ3v) is 29.4. The quantitative estimate of drug-likeness (QED) is 0.0151. The number of amides is 12. The van der Waals surface area contributed by atoms with E-state index in [4.69, 9.17) is 48.9 Å². The summed E-state index contributed by atoms with van der Waals surface area (Å²) in [5.41, 5.74) is 11.0. The first-order valence-corrected chi connectivity index (χ1v) is 45.5. The number of primary amides is 2. The van der Waals surface area contributed by atoms with Gasteiger partial charge in [-0.3, -0.25) is 57.5 Å². The Balaban J connectivity index is 0.000000179. The van der Waals surface area contributed by atoms with Crippen molar-refractivity contribution < 1.29 is 86.1 Å². The number of rotatable bonds is 30. The lowest BCUT2D eigenvalue weighted by Gasteiger charge is -2.37. The van der Waals surface area contributed by atoms with Crippen LogP contribution in [0.25, 0.3) is 0 Å². The molecule has 0 spiro atoms. The summed E-state index contributed by atoms with van der Waals surface area (Å²) in [5, 5.41) is 19.4. The summed E-state index contributed by atoms with van der Waals surface area (Å²) in [4.78, 5) is 201. The number of nitrogens with two attached hydrogens (primary N) is 2. The van der Waals surface area contributed by atoms with Crippen LogP contribution in [0, 0.1) is 81.8 Å². The maximum Gasteiger partial charge on any atom is 0.408 e. The first kappa shape index (κ1) is 94.3. The molecule has 0 bridgehead atoms. The molecule has 11 fully saturated rings. The summed E-state index contributed by atoms with van der Waals surface area (Å²) in [5.74, 6) is -8.19. The van der Waals surface area contributed by atoms with Crippen LogP contribution in [0.5, 0.6) is 0 Å². The number of ether oxygens (including phenoxy) is 3. The van der Waals surface area contributed by atoms with Crippen LogP contribution in [0.3, 0.4) is 0 Å². The molecule has 3 aliphatic heterocycles. The van der Waals surface area contributed by atoms with Gasteiger partial charge in [0.05, 0.1) is 18.1 Å². The number of piperidine rings is 3. The number of carbonyl (C=O) groups excluding carboxylic acids is 15. The number of likely N-dealkylation sites (tertiary alicyclic amines) is 3. The number of benzene rings is 1. The molecule has 12 amide bonds. The third-order valence-electron chi connectivity index (χ3n) is 28.3. The van der Waals surface area contributed by atoms with Crippen molar-refractivity contribution in [3.05, 3.63) is 48.0 Å². The Morgan fingerprint density at radius 1 is 0.500 bits per heavy atom. The SMILES string of the molecule is C=CCNC(=O)C(=O)C(CCC)NC(=O)[C@@H]1[C@@H]2[C@H](CN1C(=O)[C@@H](NC(=O)O[C@H]1CCC[C@@H]1C)C1CCCCC1)C2(C)C.CC(C)(C)OC(=O)N[C@H](C(=O)N1C[C@H]2[C@@H]([C@H]1C(=O)NC(CC1CC1)C(=O)C(N)=O)C2(Cl)Cl)C1Cc2ccccc2C1.CC(C)(C)OC(=O)N[C@H](C(=O)N1C[C@H]2[C@@H]([C@H]1C(=O)NC(CC1CCC1)C(=O)C(N)=O)C2(C)C)C1CCCCC1. The third kappa shape index (κ3) is 22.1. The standard InChI is InChI=1S/C32H50N4O6.C29H36Cl2N4O6.C29H46N4O6/c1-6-12-22(27(37)29(39)33-17-7-2)34-28(38)26-24-21(32(24,4)5)18-36(26)30(40)25(20-14-9-8-10-15-20)35-31(41)42-23-16-11-13-19(23)3;1-28(2,3)41-27(40)34-21(17-11-15-6-4-5-7-16(15)12-17)26(39)35-13-18-20(29(18,30)31)22(35)25(38)33-19(10-14-8-9-14)23(36)24(32)37;1-28(2,3)39-27(38)32-21(17-12-7-6-8-13-17)26(37)33-15-18-20(29(18,4)5)22(33)25(36)31-19(23(34)24(30)35)14-16-10-9-11-16/h7,19-26H,2,6,8-18H2,1,3-5H3,(H,33,39)(H,34,38)(H,35,41);4-7,14,17-22H,8-13H2,1-3H3,(H2,32,37)(H,33,38)(H,34,40);16-22H,6-15H2,1-5H3,(H2,30,35)(H,31,36)(H,32,38)/t19-,21-,22?,23-,24-,25-,26-;2*18-,19?,20-,21-,22-/m000/s1. The van der Waals surface area contributed by atoms with Crippen LogP contribution in [0.4, 0.5) is 14.4 Å². The molecule has 122 heavy (non-hydrogen) atoms. The summed E-state index contributed by atoms with van der Waals surface area (Å²) in [7, 11) is 0. The van der Waals surface area contributed by atoms with Crippen molar-refractivity contribution in [1.29, 1.82) is 0 Å². The Bertz CT molecular complexity index is 4120. The smallest absolute Gasteiger partial charge is 0.408 e. The summed E-state index contributed by atoms with van der Waals surface area (Å²) in [6, 6.07) is -0.427. The molecule has 0 radical (unpaired) electrons.